The molecule has 0 aliphatic carbocycles. The predicted octanol–water partition coefficient (Wildman–Crippen LogP) is 4.21. The molecule has 10 nitrogen and oxygen atoms in total. The van der Waals surface area contributed by atoms with Crippen LogP contribution < -0.4 is 9.04 Å². The summed E-state index contributed by atoms with van der Waals surface area (Å²) in [6.45, 7) is 5.51. The molecule has 0 spiro atoms. The van der Waals surface area contributed by atoms with Crippen molar-refractivity contribution in [3.05, 3.63) is 71.0 Å². The van der Waals surface area contributed by atoms with Crippen molar-refractivity contribution in [2.45, 2.75) is 69.5 Å². The Morgan fingerprint density at radius 1 is 1.09 bits per heavy atom. The van der Waals surface area contributed by atoms with Gasteiger partial charge >= 0.3 is 12.1 Å². The summed E-state index contributed by atoms with van der Waals surface area (Å²) in [6, 6.07) is 7.97. The Bertz CT molecular complexity index is 1680. The van der Waals surface area contributed by atoms with E-state index in [1.807, 2.05) is 0 Å². The largest absolute Gasteiger partial charge is 0.486 e. The molecule has 3 aromatic rings. The fraction of sp³-hybridized carbons (Fsp3) is 0.414. The summed E-state index contributed by atoms with van der Waals surface area (Å²) < 4.78 is 82.2. The maximum atomic E-state index is 13.9. The molecule has 0 saturated carbocycles. The van der Waals surface area contributed by atoms with Crippen LogP contribution in [0.25, 0.3) is 0 Å². The van der Waals surface area contributed by atoms with E-state index in [1.54, 1.807) is 49.7 Å². The van der Waals surface area contributed by atoms with Crippen molar-refractivity contribution in [2.24, 2.45) is 7.05 Å². The number of nitrogens with zero attached hydrogens (tertiary/aromatic N) is 4. The molecule has 0 N–H and O–H groups in total. The van der Waals surface area contributed by atoms with Crippen LogP contribution in [0, 0.1) is 0 Å². The number of ether oxygens (including phenoxy) is 2. The van der Waals surface area contributed by atoms with Crippen LogP contribution in [-0.2, 0) is 57.1 Å². The van der Waals surface area contributed by atoms with Gasteiger partial charge in [0.05, 0.1) is 54.0 Å². The zero-order chi connectivity index (χ0) is 31.3. The minimum atomic E-state index is -4.76. The number of hydrogen-bond acceptors (Lipinski definition) is 7. The molecular formula is C29H31F3N4O6S. The van der Waals surface area contributed by atoms with Gasteiger partial charge in [0.1, 0.15) is 17.5 Å². The van der Waals surface area contributed by atoms with Gasteiger partial charge in [-0.05, 0) is 56.7 Å². The smallest absolute Gasteiger partial charge is 0.416 e. The lowest BCUT2D eigenvalue weighted by Crippen LogP contribution is -2.45. The van der Waals surface area contributed by atoms with E-state index in [4.69, 9.17) is 9.47 Å². The zero-order valence-corrected chi connectivity index (χ0v) is 24.8. The van der Waals surface area contributed by atoms with Gasteiger partial charge in [-0.1, -0.05) is 12.1 Å². The van der Waals surface area contributed by atoms with E-state index >= 15 is 0 Å². The second-order valence-electron chi connectivity index (χ2n) is 11.6. The summed E-state index contributed by atoms with van der Waals surface area (Å²) in [5.41, 5.74) is 0.419. The standard InChI is InChI=1S/C29H31F3N4O6S/c1-28(2,3)42-27(38)11-18-8-9-25-23(10-18)36(43(39,40)22-7-5-6-20(12-22)29(30,31)32)16-21(41-25)13-26(37)35-15-19-14-33-34(4)24(19)17-35/h5-10,12,14,21H,11,13,15-17H2,1-4H3/t21-/m0/s1. The first-order valence-electron chi connectivity index (χ1n) is 13.5. The molecule has 43 heavy (non-hydrogen) atoms. The number of aryl methyl sites for hydroxylation is 1. The molecule has 2 aromatic carbocycles. The van der Waals surface area contributed by atoms with E-state index < -0.39 is 44.3 Å². The number of esters is 1. The molecule has 0 bridgehead atoms. The minimum Gasteiger partial charge on any atom is -0.486 e. The van der Waals surface area contributed by atoms with Gasteiger partial charge in [-0.25, -0.2) is 8.42 Å². The Morgan fingerprint density at radius 2 is 1.84 bits per heavy atom. The summed E-state index contributed by atoms with van der Waals surface area (Å²) in [4.78, 5) is 26.8. The summed E-state index contributed by atoms with van der Waals surface area (Å²) in [7, 11) is -2.78. The molecule has 2 aliphatic rings. The molecule has 0 unspecified atom stereocenters. The van der Waals surface area contributed by atoms with Crippen molar-refractivity contribution >= 4 is 27.6 Å². The number of benzene rings is 2. The molecular weight excluding hydrogens is 589 g/mol. The number of alkyl halides is 3. The Labute approximate surface area is 247 Å². The van der Waals surface area contributed by atoms with Gasteiger partial charge in [0.25, 0.3) is 10.0 Å². The van der Waals surface area contributed by atoms with Crippen molar-refractivity contribution in [1.29, 1.82) is 0 Å². The molecule has 0 saturated heterocycles. The van der Waals surface area contributed by atoms with Gasteiger partial charge in [0.2, 0.25) is 5.91 Å². The number of anilines is 1. The van der Waals surface area contributed by atoms with E-state index in [-0.39, 0.29) is 36.7 Å². The summed E-state index contributed by atoms with van der Waals surface area (Å²) in [5, 5.41) is 4.18. The number of amides is 1. The lowest BCUT2D eigenvalue weighted by atomic mass is 10.1. The van der Waals surface area contributed by atoms with E-state index in [9.17, 15) is 31.2 Å². The van der Waals surface area contributed by atoms with Gasteiger partial charge in [-0.3, -0.25) is 18.6 Å². The monoisotopic (exact) mass is 620 g/mol. The third-order valence-corrected chi connectivity index (χ3v) is 8.85. The molecule has 1 amide bonds. The molecule has 5 rings (SSSR count). The van der Waals surface area contributed by atoms with Crippen LogP contribution in [0.15, 0.2) is 53.6 Å². The van der Waals surface area contributed by atoms with Crippen molar-refractivity contribution < 1.29 is 40.7 Å². The van der Waals surface area contributed by atoms with Gasteiger partial charge in [-0.2, -0.15) is 18.3 Å². The van der Waals surface area contributed by atoms with Crippen LogP contribution in [0.3, 0.4) is 0 Å². The normalized spacial score (nSPS) is 16.9. The third-order valence-electron chi connectivity index (χ3n) is 7.08. The van der Waals surface area contributed by atoms with Gasteiger partial charge in [-0.15, -0.1) is 0 Å². The molecule has 2 aliphatic heterocycles. The average Bonchev–Trinajstić information content (AvgIpc) is 3.49. The quantitative estimate of drug-likeness (QED) is 0.380. The molecule has 1 atom stereocenters. The van der Waals surface area contributed by atoms with Crippen molar-refractivity contribution in [3.63, 3.8) is 0 Å². The number of fused-ring (bicyclic) bond motifs is 2. The highest BCUT2D eigenvalue weighted by atomic mass is 32.2. The molecule has 14 heteroatoms. The van der Waals surface area contributed by atoms with Gasteiger partial charge in [0, 0.05) is 19.2 Å². The highest BCUT2D eigenvalue weighted by molar-refractivity contribution is 7.92. The number of aromatic nitrogens is 2. The topological polar surface area (TPSA) is 111 Å². The third kappa shape index (κ3) is 6.48. The number of rotatable bonds is 6. The fourth-order valence-electron chi connectivity index (χ4n) is 5.09. The van der Waals surface area contributed by atoms with E-state index in [2.05, 4.69) is 5.10 Å². The van der Waals surface area contributed by atoms with Crippen molar-refractivity contribution in [2.75, 3.05) is 10.8 Å². The lowest BCUT2D eigenvalue weighted by molar-refractivity contribution is -0.154. The molecule has 3 heterocycles. The first kappa shape index (κ1) is 30.4. The Kier molecular flexibility index (Phi) is 7.69. The van der Waals surface area contributed by atoms with Crippen LogP contribution in [0.5, 0.6) is 5.75 Å². The summed E-state index contributed by atoms with van der Waals surface area (Å²) in [5.74, 6) is -0.703. The SMILES string of the molecule is Cn1ncc2c1CN(C(=O)C[C@H]1CN(S(=O)(=O)c3cccc(C(F)(F)F)c3)c3cc(CC(=O)OC(C)(C)C)ccc3O1)C2. The predicted molar refractivity (Wildman–Crippen MR) is 148 cm³/mol. The minimum absolute atomic E-state index is 0.0434. The summed E-state index contributed by atoms with van der Waals surface area (Å²) >= 11 is 0. The molecule has 0 radical (unpaired) electrons. The number of halogens is 3. The number of carbonyl (C=O) groups excluding carboxylic acids is 2. The second-order valence-corrected chi connectivity index (χ2v) is 13.4. The van der Waals surface area contributed by atoms with Crippen LogP contribution in [0.4, 0.5) is 18.9 Å². The van der Waals surface area contributed by atoms with Crippen molar-refractivity contribution in [3.8, 4) is 5.75 Å². The first-order chi connectivity index (χ1) is 20.0. The Balaban J connectivity index is 1.46. The fourth-order valence-corrected chi connectivity index (χ4v) is 6.64. The number of sulfonamides is 1. The van der Waals surface area contributed by atoms with Crippen LogP contribution >= 0.6 is 0 Å². The maximum absolute atomic E-state index is 13.9. The number of hydrogen-bond donors (Lipinski definition) is 0. The summed E-state index contributed by atoms with van der Waals surface area (Å²) in [6.07, 6.45) is -4.34. The molecule has 0 fully saturated rings. The highest BCUT2D eigenvalue weighted by Gasteiger charge is 2.39. The Morgan fingerprint density at radius 3 is 2.51 bits per heavy atom. The maximum Gasteiger partial charge on any atom is 0.416 e. The van der Waals surface area contributed by atoms with Crippen LogP contribution in [-0.4, -0.2) is 53.2 Å². The van der Waals surface area contributed by atoms with E-state index in [1.165, 1.54) is 12.1 Å². The van der Waals surface area contributed by atoms with Gasteiger partial charge in [0.15, 0.2) is 0 Å². The highest BCUT2D eigenvalue weighted by Crippen LogP contribution is 2.40. The van der Waals surface area contributed by atoms with Gasteiger partial charge < -0.3 is 14.4 Å². The Hall–Kier alpha value is -4.07. The van der Waals surface area contributed by atoms with E-state index in [0.29, 0.717) is 24.7 Å². The van der Waals surface area contributed by atoms with Crippen LogP contribution in [0.1, 0.15) is 49.6 Å². The second kappa shape index (κ2) is 10.9. The van der Waals surface area contributed by atoms with E-state index in [0.717, 1.165) is 33.8 Å². The molecule has 230 valence electrons. The average molecular weight is 621 g/mol. The number of carbonyl (C=O) groups is 2. The van der Waals surface area contributed by atoms with Crippen LogP contribution in [0.2, 0.25) is 0 Å². The first-order valence-corrected chi connectivity index (χ1v) is 14.9. The van der Waals surface area contributed by atoms with Crippen molar-refractivity contribution in [1.82, 2.24) is 14.7 Å². The lowest BCUT2D eigenvalue weighted by Gasteiger charge is -2.36. The zero-order valence-electron chi connectivity index (χ0n) is 24.0. The molecule has 1 aromatic heterocycles.